The van der Waals surface area contributed by atoms with E-state index in [4.69, 9.17) is 5.11 Å². The number of aromatic nitrogens is 1. The first kappa shape index (κ1) is 17.6. The molecule has 116 valence electrons. The van der Waals surface area contributed by atoms with Crippen molar-refractivity contribution >= 4 is 10.0 Å². The zero-order valence-electron chi connectivity index (χ0n) is 12.7. The van der Waals surface area contributed by atoms with Gasteiger partial charge in [-0.15, -0.1) is 0 Å². The molecule has 0 radical (unpaired) electrons. The molecule has 0 atom stereocenters. The summed E-state index contributed by atoms with van der Waals surface area (Å²) >= 11 is 0. The number of sulfonamides is 1. The molecule has 0 saturated heterocycles. The van der Waals surface area contributed by atoms with Crippen molar-refractivity contribution < 1.29 is 13.5 Å². The molecule has 0 unspecified atom stereocenters. The molecule has 1 aromatic heterocycles. The van der Waals surface area contributed by atoms with Crippen LogP contribution in [0, 0.1) is 17.8 Å². The Morgan fingerprint density at radius 1 is 1.38 bits per heavy atom. The lowest BCUT2D eigenvalue weighted by atomic mass is 10.2. The van der Waals surface area contributed by atoms with Gasteiger partial charge >= 0.3 is 0 Å². The van der Waals surface area contributed by atoms with Crippen LogP contribution >= 0.6 is 0 Å². The maximum atomic E-state index is 12.6. The van der Waals surface area contributed by atoms with Gasteiger partial charge in [-0.05, 0) is 12.0 Å². The van der Waals surface area contributed by atoms with Crippen molar-refractivity contribution in [2.75, 3.05) is 19.7 Å². The average Bonchev–Trinajstić information content (AvgIpc) is 2.45. The summed E-state index contributed by atoms with van der Waals surface area (Å²) in [6, 6.07) is 1.52. The molecule has 0 aliphatic rings. The summed E-state index contributed by atoms with van der Waals surface area (Å²) < 4.78 is 26.6. The van der Waals surface area contributed by atoms with Crippen LogP contribution in [0.2, 0.25) is 0 Å². The third-order valence-corrected chi connectivity index (χ3v) is 4.65. The van der Waals surface area contributed by atoms with Gasteiger partial charge in [0.05, 0.1) is 6.61 Å². The highest BCUT2D eigenvalue weighted by Gasteiger charge is 2.24. The van der Waals surface area contributed by atoms with E-state index >= 15 is 0 Å². The lowest BCUT2D eigenvalue weighted by Crippen LogP contribution is -2.34. The summed E-state index contributed by atoms with van der Waals surface area (Å²) in [6.45, 7) is 6.65. The van der Waals surface area contributed by atoms with Crippen LogP contribution in [0.15, 0.2) is 23.4 Å². The van der Waals surface area contributed by atoms with E-state index in [1.54, 1.807) is 0 Å². The smallest absolute Gasteiger partial charge is 0.244 e. The highest BCUT2D eigenvalue weighted by atomic mass is 32.2. The summed E-state index contributed by atoms with van der Waals surface area (Å²) in [5, 5.41) is 8.70. The monoisotopic (exact) mass is 310 g/mol. The molecule has 0 aromatic carbocycles. The number of pyridine rings is 1. The molecular formula is C15H22N2O3S. The van der Waals surface area contributed by atoms with Crippen LogP contribution in [0.1, 0.15) is 32.8 Å². The molecule has 0 aliphatic carbocycles. The minimum atomic E-state index is -3.55. The van der Waals surface area contributed by atoms with E-state index in [9.17, 15) is 8.42 Å². The molecule has 1 N–H and O–H groups in total. The van der Waals surface area contributed by atoms with Crippen LogP contribution in [-0.4, -0.2) is 42.5 Å². The van der Waals surface area contributed by atoms with E-state index in [1.807, 2.05) is 20.8 Å². The second-order valence-electron chi connectivity index (χ2n) is 5.03. The molecule has 21 heavy (non-hydrogen) atoms. The molecule has 0 amide bonds. The van der Waals surface area contributed by atoms with Crippen molar-refractivity contribution in [3.8, 4) is 11.8 Å². The highest BCUT2D eigenvalue weighted by Crippen LogP contribution is 2.17. The van der Waals surface area contributed by atoms with Gasteiger partial charge in [-0.1, -0.05) is 32.6 Å². The van der Waals surface area contributed by atoms with Crippen molar-refractivity contribution in [2.45, 2.75) is 32.1 Å². The average molecular weight is 310 g/mol. The summed E-state index contributed by atoms with van der Waals surface area (Å²) in [5.74, 6) is 5.81. The first-order valence-electron chi connectivity index (χ1n) is 6.96. The Morgan fingerprint density at radius 3 is 2.67 bits per heavy atom. The summed E-state index contributed by atoms with van der Waals surface area (Å²) in [4.78, 5) is 4.11. The second kappa shape index (κ2) is 8.13. The third-order valence-electron chi connectivity index (χ3n) is 2.74. The van der Waals surface area contributed by atoms with Crippen LogP contribution < -0.4 is 0 Å². The molecule has 0 spiro atoms. The topological polar surface area (TPSA) is 70.5 Å². The minimum absolute atomic E-state index is 0.0174. The van der Waals surface area contributed by atoms with Crippen LogP contribution in [0.4, 0.5) is 0 Å². The first-order chi connectivity index (χ1) is 9.91. The van der Waals surface area contributed by atoms with Gasteiger partial charge in [-0.2, -0.15) is 4.31 Å². The van der Waals surface area contributed by atoms with Gasteiger partial charge in [-0.3, -0.25) is 4.98 Å². The van der Waals surface area contributed by atoms with E-state index in [-0.39, 0.29) is 17.4 Å². The van der Waals surface area contributed by atoms with Gasteiger partial charge in [0.25, 0.3) is 0 Å². The second-order valence-corrected chi connectivity index (χ2v) is 6.97. The Labute approximate surface area is 127 Å². The lowest BCUT2D eigenvalue weighted by Gasteiger charge is -2.22. The van der Waals surface area contributed by atoms with Gasteiger partial charge in [0.15, 0.2) is 0 Å². The van der Waals surface area contributed by atoms with Gasteiger partial charge in [0, 0.05) is 37.5 Å². The van der Waals surface area contributed by atoms with E-state index in [2.05, 4.69) is 16.8 Å². The fourth-order valence-electron chi connectivity index (χ4n) is 1.80. The Bertz CT molecular complexity index is 615. The molecule has 1 heterocycles. The number of hydrogen-bond donors (Lipinski definition) is 1. The molecule has 1 rings (SSSR count). The molecule has 0 fully saturated rings. The standard InChI is InChI=1S/C15H22N2O3S/c1-4-17(12-13(2)3)21(19,20)15-9-14(10-16-11-15)7-5-6-8-18/h9-11,13,18H,4,6,8,12H2,1-3H3. The molecule has 1 aromatic rings. The van der Waals surface area contributed by atoms with Crippen LogP contribution in [0.25, 0.3) is 0 Å². The number of aliphatic hydroxyl groups is 1. The van der Waals surface area contributed by atoms with Gasteiger partial charge in [-0.25, -0.2) is 8.42 Å². The Hall–Kier alpha value is -1.42. The maximum Gasteiger partial charge on any atom is 0.244 e. The third kappa shape index (κ3) is 5.12. The molecule has 6 heteroatoms. The van der Waals surface area contributed by atoms with Gasteiger partial charge in [0.1, 0.15) is 4.90 Å². The summed E-state index contributed by atoms with van der Waals surface area (Å²) in [5.41, 5.74) is 0.533. The molecule has 0 aliphatic heterocycles. The van der Waals surface area contributed by atoms with Gasteiger partial charge < -0.3 is 5.11 Å². The van der Waals surface area contributed by atoms with Crippen molar-refractivity contribution in [3.05, 3.63) is 24.0 Å². The minimum Gasteiger partial charge on any atom is -0.395 e. The van der Waals surface area contributed by atoms with Crippen molar-refractivity contribution in [1.82, 2.24) is 9.29 Å². The van der Waals surface area contributed by atoms with Crippen molar-refractivity contribution in [3.63, 3.8) is 0 Å². The van der Waals surface area contributed by atoms with Crippen LogP contribution in [-0.2, 0) is 10.0 Å². The predicted molar refractivity (Wildman–Crippen MR) is 82.1 cm³/mol. The Morgan fingerprint density at radius 2 is 2.10 bits per heavy atom. The molecule has 0 saturated carbocycles. The number of aliphatic hydroxyl groups excluding tert-OH is 1. The summed E-state index contributed by atoms with van der Waals surface area (Å²) in [6.07, 6.45) is 3.21. The highest BCUT2D eigenvalue weighted by molar-refractivity contribution is 7.89. The fraction of sp³-hybridized carbons (Fsp3) is 0.533. The van der Waals surface area contributed by atoms with Gasteiger partial charge in [0.2, 0.25) is 10.0 Å². The van der Waals surface area contributed by atoms with Crippen molar-refractivity contribution in [1.29, 1.82) is 0 Å². The Kier molecular flexibility index (Phi) is 6.82. The first-order valence-corrected chi connectivity index (χ1v) is 8.40. The zero-order valence-corrected chi connectivity index (χ0v) is 13.5. The predicted octanol–water partition coefficient (Wildman–Crippen LogP) is 1.48. The van der Waals surface area contributed by atoms with Crippen LogP contribution in [0.3, 0.4) is 0 Å². The SMILES string of the molecule is CCN(CC(C)C)S(=O)(=O)c1cncc(C#CCCO)c1. The quantitative estimate of drug-likeness (QED) is 0.808. The van der Waals surface area contributed by atoms with Crippen LogP contribution in [0.5, 0.6) is 0 Å². The number of rotatable bonds is 6. The lowest BCUT2D eigenvalue weighted by molar-refractivity contribution is 0.305. The largest absolute Gasteiger partial charge is 0.395 e. The van der Waals surface area contributed by atoms with E-state index in [0.29, 0.717) is 25.1 Å². The maximum absolute atomic E-state index is 12.6. The molecule has 0 bridgehead atoms. The van der Waals surface area contributed by atoms with E-state index in [1.165, 1.54) is 22.8 Å². The number of hydrogen-bond acceptors (Lipinski definition) is 4. The zero-order chi connectivity index (χ0) is 15.9. The van der Waals surface area contributed by atoms with Crippen molar-refractivity contribution in [2.24, 2.45) is 5.92 Å². The normalized spacial score (nSPS) is 11.5. The Balaban J connectivity index is 3.08. The van der Waals surface area contributed by atoms with E-state index < -0.39 is 10.0 Å². The summed E-state index contributed by atoms with van der Waals surface area (Å²) in [7, 11) is -3.55. The molecule has 5 nitrogen and oxygen atoms in total. The fourth-order valence-corrected chi connectivity index (χ4v) is 3.40. The molecular weight excluding hydrogens is 288 g/mol. The van der Waals surface area contributed by atoms with E-state index in [0.717, 1.165) is 0 Å². The number of nitrogens with zero attached hydrogens (tertiary/aromatic N) is 2.